The number of nitrogens with zero attached hydrogens (tertiary/aromatic N) is 5. The minimum atomic E-state index is -0.523. The van der Waals surface area contributed by atoms with E-state index in [-0.39, 0.29) is 24.7 Å². The van der Waals surface area contributed by atoms with Gasteiger partial charge in [0.15, 0.2) is 0 Å². The molecule has 0 aromatic carbocycles. The molecule has 0 aliphatic heterocycles. The number of carbonyl (C=O) groups is 1. The van der Waals surface area contributed by atoms with Crippen LogP contribution in [0.3, 0.4) is 0 Å². The fraction of sp³-hybridized carbons (Fsp3) is 0.417. The summed E-state index contributed by atoms with van der Waals surface area (Å²) in [6.07, 6.45) is 2.98. The first-order valence-corrected chi connectivity index (χ1v) is 7.37. The quantitative estimate of drug-likeness (QED) is 0.610. The number of aryl methyl sites for hydroxylation is 1. The van der Waals surface area contributed by atoms with Crippen molar-refractivity contribution in [2.75, 3.05) is 0 Å². The predicted molar refractivity (Wildman–Crippen MR) is 81.1 cm³/mol. The number of nitro groups is 1. The second-order valence-electron chi connectivity index (χ2n) is 4.59. The highest BCUT2D eigenvalue weighted by atomic mass is 79.9. The maximum Gasteiger partial charge on any atom is 0.309 e. The van der Waals surface area contributed by atoms with Gasteiger partial charge in [-0.2, -0.15) is 10.2 Å². The van der Waals surface area contributed by atoms with Crippen LogP contribution in [0.5, 0.6) is 0 Å². The SMILES string of the molecule is CCn1cc(Br)c(CNC(=O)Cn2ncc([N+](=O)[O-])c2C)n1. The lowest BCUT2D eigenvalue weighted by atomic mass is 10.4. The third kappa shape index (κ3) is 3.50. The average molecular weight is 371 g/mol. The first-order valence-electron chi connectivity index (χ1n) is 6.57. The van der Waals surface area contributed by atoms with Crippen LogP contribution in [-0.4, -0.2) is 30.4 Å². The highest BCUT2D eigenvalue weighted by Crippen LogP contribution is 2.16. The Morgan fingerprint density at radius 1 is 1.55 bits per heavy atom. The molecule has 0 radical (unpaired) electrons. The molecule has 0 atom stereocenters. The summed E-state index contributed by atoms with van der Waals surface area (Å²) in [5.74, 6) is -0.293. The first kappa shape index (κ1) is 16.1. The van der Waals surface area contributed by atoms with Crippen molar-refractivity contribution in [3.8, 4) is 0 Å². The maximum absolute atomic E-state index is 11.9. The summed E-state index contributed by atoms with van der Waals surface area (Å²) in [6, 6.07) is 0. The van der Waals surface area contributed by atoms with E-state index < -0.39 is 4.92 Å². The molecule has 1 N–H and O–H groups in total. The molecule has 0 saturated carbocycles. The molecule has 2 aromatic heterocycles. The van der Waals surface area contributed by atoms with E-state index >= 15 is 0 Å². The van der Waals surface area contributed by atoms with Gasteiger partial charge >= 0.3 is 5.69 Å². The minimum Gasteiger partial charge on any atom is -0.349 e. The molecular formula is C12H15BrN6O3. The van der Waals surface area contributed by atoms with Crippen molar-refractivity contribution in [2.24, 2.45) is 0 Å². The average Bonchev–Trinajstić information content (AvgIpc) is 3.00. The zero-order valence-corrected chi connectivity index (χ0v) is 13.7. The number of nitrogens with one attached hydrogen (secondary N) is 1. The van der Waals surface area contributed by atoms with E-state index in [9.17, 15) is 14.9 Å². The molecule has 0 bridgehead atoms. The van der Waals surface area contributed by atoms with Crippen LogP contribution in [0.4, 0.5) is 5.69 Å². The van der Waals surface area contributed by atoms with Crippen molar-refractivity contribution in [3.63, 3.8) is 0 Å². The van der Waals surface area contributed by atoms with Gasteiger partial charge in [-0.1, -0.05) is 0 Å². The van der Waals surface area contributed by atoms with Gasteiger partial charge in [0.2, 0.25) is 5.91 Å². The van der Waals surface area contributed by atoms with Gasteiger partial charge in [-0.25, -0.2) is 0 Å². The molecule has 22 heavy (non-hydrogen) atoms. The van der Waals surface area contributed by atoms with Crippen molar-refractivity contribution in [1.82, 2.24) is 24.9 Å². The summed E-state index contributed by atoms with van der Waals surface area (Å²) in [5.41, 5.74) is 0.965. The molecule has 0 fully saturated rings. The van der Waals surface area contributed by atoms with Crippen molar-refractivity contribution < 1.29 is 9.72 Å². The largest absolute Gasteiger partial charge is 0.349 e. The van der Waals surface area contributed by atoms with Gasteiger partial charge in [0.05, 0.1) is 21.6 Å². The summed E-state index contributed by atoms with van der Waals surface area (Å²) < 4.78 is 3.88. The Hall–Kier alpha value is -2.23. The van der Waals surface area contributed by atoms with Crippen molar-refractivity contribution in [1.29, 1.82) is 0 Å². The monoisotopic (exact) mass is 370 g/mol. The topological polar surface area (TPSA) is 108 Å². The predicted octanol–water partition coefficient (Wildman–Crippen LogP) is 1.40. The molecule has 0 aliphatic rings. The lowest BCUT2D eigenvalue weighted by Gasteiger charge is -2.05. The third-order valence-electron chi connectivity index (χ3n) is 3.13. The van der Waals surface area contributed by atoms with E-state index in [2.05, 4.69) is 31.4 Å². The lowest BCUT2D eigenvalue weighted by Crippen LogP contribution is -2.28. The number of hydrogen-bond donors (Lipinski definition) is 1. The van der Waals surface area contributed by atoms with Crippen molar-refractivity contribution in [2.45, 2.75) is 33.5 Å². The molecule has 0 aliphatic carbocycles. The zero-order valence-electron chi connectivity index (χ0n) is 12.1. The molecule has 0 saturated heterocycles. The fourth-order valence-corrected chi connectivity index (χ4v) is 2.32. The number of halogens is 1. The van der Waals surface area contributed by atoms with Gasteiger partial charge < -0.3 is 5.32 Å². The Labute approximate surface area is 134 Å². The molecule has 0 spiro atoms. The van der Waals surface area contributed by atoms with E-state index in [0.717, 1.165) is 22.9 Å². The van der Waals surface area contributed by atoms with Crippen LogP contribution >= 0.6 is 15.9 Å². The normalized spacial score (nSPS) is 10.7. The smallest absolute Gasteiger partial charge is 0.309 e. The van der Waals surface area contributed by atoms with Crippen LogP contribution in [0.2, 0.25) is 0 Å². The van der Waals surface area contributed by atoms with Crippen LogP contribution in [0, 0.1) is 17.0 Å². The number of aromatic nitrogens is 4. The van der Waals surface area contributed by atoms with Gasteiger partial charge in [-0.15, -0.1) is 0 Å². The van der Waals surface area contributed by atoms with Gasteiger partial charge in [-0.3, -0.25) is 24.3 Å². The second kappa shape index (κ2) is 6.69. The van der Waals surface area contributed by atoms with Gasteiger partial charge in [0.25, 0.3) is 0 Å². The molecule has 2 aromatic rings. The molecule has 2 rings (SSSR count). The molecular weight excluding hydrogens is 356 g/mol. The van der Waals surface area contributed by atoms with E-state index in [1.165, 1.54) is 4.68 Å². The number of rotatable bonds is 6. The summed E-state index contributed by atoms with van der Waals surface area (Å²) in [5, 5.41) is 21.6. The Balaban J connectivity index is 1.96. The van der Waals surface area contributed by atoms with Crippen LogP contribution in [0.1, 0.15) is 18.3 Å². The molecule has 1 amide bonds. The Bertz CT molecular complexity index is 708. The maximum atomic E-state index is 11.9. The summed E-state index contributed by atoms with van der Waals surface area (Å²) in [4.78, 5) is 22.1. The van der Waals surface area contributed by atoms with E-state index in [0.29, 0.717) is 5.69 Å². The highest BCUT2D eigenvalue weighted by molar-refractivity contribution is 9.10. The molecule has 0 unspecified atom stereocenters. The second-order valence-corrected chi connectivity index (χ2v) is 5.44. The van der Waals surface area contributed by atoms with Crippen LogP contribution in [0.15, 0.2) is 16.9 Å². The fourth-order valence-electron chi connectivity index (χ4n) is 1.87. The number of carbonyl (C=O) groups excluding carboxylic acids is 1. The van der Waals surface area contributed by atoms with Crippen LogP contribution in [0.25, 0.3) is 0 Å². The van der Waals surface area contributed by atoms with E-state index in [1.54, 1.807) is 11.6 Å². The van der Waals surface area contributed by atoms with E-state index in [4.69, 9.17) is 0 Å². The van der Waals surface area contributed by atoms with Crippen LogP contribution in [-0.2, 0) is 24.4 Å². The van der Waals surface area contributed by atoms with Gasteiger partial charge in [0.1, 0.15) is 18.4 Å². The molecule has 2 heterocycles. The van der Waals surface area contributed by atoms with Crippen molar-refractivity contribution >= 4 is 27.5 Å². The Morgan fingerprint density at radius 2 is 2.27 bits per heavy atom. The van der Waals surface area contributed by atoms with Crippen molar-refractivity contribution in [3.05, 3.63) is 38.4 Å². The number of amides is 1. The van der Waals surface area contributed by atoms with Gasteiger partial charge in [0, 0.05) is 12.7 Å². The number of hydrogen-bond acceptors (Lipinski definition) is 5. The summed E-state index contributed by atoms with van der Waals surface area (Å²) in [6.45, 7) is 4.45. The van der Waals surface area contributed by atoms with Gasteiger partial charge in [-0.05, 0) is 29.8 Å². The Kier molecular flexibility index (Phi) is 4.91. The van der Waals surface area contributed by atoms with E-state index in [1.807, 2.05) is 13.1 Å². The highest BCUT2D eigenvalue weighted by Gasteiger charge is 2.18. The molecule has 9 nitrogen and oxygen atoms in total. The zero-order chi connectivity index (χ0) is 16.3. The first-order chi connectivity index (χ1) is 10.4. The lowest BCUT2D eigenvalue weighted by molar-refractivity contribution is -0.385. The molecule has 10 heteroatoms. The summed E-state index contributed by atoms with van der Waals surface area (Å²) >= 11 is 3.38. The summed E-state index contributed by atoms with van der Waals surface area (Å²) in [7, 11) is 0. The van der Waals surface area contributed by atoms with Crippen LogP contribution < -0.4 is 5.32 Å². The minimum absolute atomic E-state index is 0.0776. The Morgan fingerprint density at radius 3 is 2.82 bits per heavy atom. The standard InChI is InChI=1S/C12H15BrN6O3/c1-3-17-6-9(13)10(16-17)4-14-12(20)7-18-8(2)11(5-15-18)19(21)22/h5-6H,3-4,7H2,1-2H3,(H,14,20). The molecule has 118 valence electrons. The third-order valence-corrected chi connectivity index (χ3v) is 3.79.